The molecular weight excluding hydrogens is 625 g/mol. The third kappa shape index (κ3) is 5.13. The van der Waals surface area contributed by atoms with Crippen molar-refractivity contribution in [1.82, 2.24) is 4.98 Å². The molecule has 4 heteroatoms. The van der Waals surface area contributed by atoms with E-state index in [-0.39, 0.29) is 0 Å². The molecule has 10 aromatic rings. The molecule has 0 saturated heterocycles. The highest BCUT2D eigenvalue weighted by atomic mass is 16.4. The van der Waals surface area contributed by atoms with Crippen LogP contribution in [0.15, 0.2) is 191 Å². The lowest BCUT2D eigenvalue weighted by Crippen LogP contribution is -2.10. The summed E-state index contributed by atoms with van der Waals surface area (Å²) in [6.07, 6.45) is 0. The van der Waals surface area contributed by atoms with E-state index in [0.29, 0.717) is 11.5 Å². The molecular formula is C47H30N2O2. The SMILES string of the molecule is c1ccc(-c2ccc(N(c3ccc(-c4nc5c(ccc6c7cc8ccccc8cc7oc65)o4)cc3)c3cccc(-c4ccccc4)c3)cc2)cc1. The molecule has 0 aliphatic rings. The van der Waals surface area contributed by atoms with E-state index in [1.165, 1.54) is 22.1 Å². The fourth-order valence-corrected chi connectivity index (χ4v) is 7.12. The molecule has 0 N–H and O–H groups in total. The van der Waals surface area contributed by atoms with Crippen LogP contribution in [0.1, 0.15) is 0 Å². The molecule has 0 atom stereocenters. The monoisotopic (exact) mass is 654 g/mol. The standard InChI is InChI=1S/C47H30N2O2/c1-3-10-31(11-4-1)33-18-22-38(23-19-33)49(40-17-9-16-35(28-40)32-12-5-2-6-13-32)39-24-20-34(21-25-39)47-48-45-43(51-47)27-26-41-42-29-36-14-7-8-15-37(36)30-44(42)50-46(41)45/h1-30H. The smallest absolute Gasteiger partial charge is 0.227 e. The van der Waals surface area contributed by atoms with Gasteiger partial charge in [-0.25, -0.2) is 4.98 Å². The van der Waals surface area contributed by atoms with E-state index >= 15 is 0 Å². The minimum absolute atomic E-state index is 0.555. The Morgan fingerprint density at radius 3 is 1.67 bits per heavy atom. The lowest BCUT2D eigenvalue weighted by atomic mass is 10.0. The van der Waals surface area contributed by atoms with Gasteiger partial charge in [-0.05, 0) is 106 Å². The molecule has 0 aliphatic heterocycles. The minimum atomic E-state index is 0.555. The van der Waals surface area contributed by atoms with Crippen molar-refractivity contribution in [3.63, 3.8) is 0 Å². The highest BCUT2D eigenvalue weighted by Gasteiger charge is 2.18. The van der Waals surface area contributed by atoms with Gasteiger partial charge in [0.2, 0.25) is 5.89 Å². The van der Waals surface area contributed by atoms with Crippen LogP contribution >= 0.6 is 0 Å². The Morgan fingerprint density at radius 2 is 0.961 bits per heavy atom. The second-order valence-electron chi connectivity index (χ2n) is 12.8. The zero-order valence-corrected chi connectivity index (χ0v) is 27.5. The summed E-state index contributed by atoms with van der Waals surface area (Å²) < 4.78 is 12.8. The van der Waals surface area contributed by atoms with E-state index in [1.54, 1.807) is 0 Å². The number of oxazole rings is 1. The van der Waals surface area contributed by atoms with Crippen LogP contribution in [0.2, 0.25) is 0 Å². The third-order valence-corrected chi connectivity index (χ3v) is 9.68. The van der Waals surface area contributed by atoms with E-state index in [2.05, 4.69) is 163 Å². The van der Waals surface area contributed by atoms with Gasteiger partial charge >= 0.3 is 0 Å². The van der Waals surface area contributed by atoms with Crippen molar-refractivity contribution in [2.24, 2.45) is 0 Å². The topological polar surface area (TPSA) is 42.4 Å². The summed E-state index contributed by atoms with van der Waals surface area (Å²) in [6.45, 7) is 0. The largest absolute Gasteiger partial charge is 0.454 e. The summed E-state index contributed by atoms with van der Waals surface area (Å²) in [5.41, 5.74) is 11.8. The average Bonchev–Trinajstić information content (AvgIpc) is 3.80. The van der Waals surface area contributed by atoms with Crippen LogP contribution in [0.4, 0.5) is 17.1 Å². The molecule has 0 bridgehead atoms. The van der Waals surface area contributed by atoms with Crippen LogP contribution in [-0.2, 0) is 0 Å². The fraction of sp³-hybridized carbons (Fsp3) is 0. The van der Waals surface area contributed by atoms with Gasteiger partial charge < -0.3 is 13.7 Å². The molecule has 10 rings (SSSR count). The lowest BCUT2D eigenvalue weighted by molar-refractivity contribution is 0.620. The Labute approximate surface area is 294 Å². The van der Waals surface area contributed by atoms with Gasteiger partial charge in [-0.1, -0.05) is 109 Å². The Morgan fingerprint density at radius 1 is 0.373 bits per heavy atom. The molecule has 4 nitrogen and oxygen atoms in total. The Bertz CT molecular complexity index is 2840. The summed E-state index contributed by atoms with van der Waals surface area (Å²) in [4.78, 5) is 7.27. The van der Waals surface area contributed by atoms with Crippen LogP contribution in [0.25, 0.3) is 77.5 Å². The number of furan rings is 1. The molecule has 0 radical (unpaired) electrons. The van der Waals surface area contributed by atoms with E-state index in [9.17, 15) is 0 Å². The van der Waals surface area contributed by atoms with Crippen LogP contribution in [0, 0.1) is 0 Å². The van der Waals surface area contributed by atoms with Crippen molar-refractivity contribution in [2.75, 3.05) is 4.90 Å². The van der Waals surface area contributed by atoms with E-state index in [4.69, 9.17) is 13.8 Å². The summed E-state index contributed by atoms with van der Waals surface area (Å²) in [5.74, 6) is 0.555. The number of rotatable bonds is 6. The van der Waals surface area contributed by atoms with Crippen LogP contribution < -0.4 is 4.90 Å². The van der Waals surface area contributed by atoms with Gasteiger partial charge in [-0.3, -0.25) is 0 Å². The Kier molecular flexibility index (Phi) is 6.78. The summed E-state index contributed by atoms with van der Waals surface area (Å²) in [6, 6.07) is 63.5. The van der Waals surface area contributed by atoms with Gasteiger partial charge in [0.25, 0.3) is 0 Å². The summed E-state index contributed by atoms with van der Waals surface area (Å²) in [5, 5.41) is 4.44. The van der Waals surface area contributed by atoms with E-state index in [1.807, 2.05) is 24.3 Å². The third-order valence-electron chi connectivity index (χ3n) is 9.68. The molecule has 0 amide bonds. The first kappa shape index (κ1) is 29.0. The van der Waals surface area contributed by atoms with Gasteiger partial charge in [-0.2, -0.15) is 0 Å². The van der Waals surface area contributed by atoms with Gasteiger partial charge in [0.05, 0.1) is 0 Å². The maximum absolute atomic E-state index is 6.42. The number of benzene rings is 8. The van der Waals surface area contributed by atoms with Crippen LogP contribution in [0.5, 0.6) is 0 Å². The molecule has 0 saturated carbocycles. The molecule has 240 valence electrons. The average molecular weight is 655 g/mol. The second-order valence-corrected chi connectivity index (χ2v) is 12.8. The van der Waals surface area contributed by atoms with Gasteiger partial charge in [0, 0.05) is 33.4 Å². The van der Waals surface area contributed by atoms with Gasteiger partial charge in [0.15, 0.2) is 16.7 Å². The normalized spacial score (nSPS) is 11.5. The van der Waals surface area contributed by atoms with E-state index < -0.39 is 0 Å². The molecule has 2 heterocycles. The molecule has 0 unspecified atom stereocenters. The highest BCUT2D eigenvalue weighted by Crippen LogP contribution is 2.40. The van der Waals surface area contributed by atoms with Crippen molar-refractivity contribution in [3.8, 4) is 33.7 Å². The Balaban J connectivity index is 1.04. The molecule has 2 aromatic heterocycles. The van der Waals surface area contributed by atoms with Crippen LogP contribution in [-0.4, -0.2) is 4.98 Å². The first-order valence-electron chi connectivity index (χ1n) is 17.1. The zero-order valence-electron chi connectivity index (χ0n) is 27.5. The number of hydrogen-bond donors (Lipinski definition) is 0. The number of hydrogen-bond acceptors (Lipinski definition) is 4. The zero-order chi connectivity index (χ0) is 33.7. The maximum atomic E-state index is 6.42. The number of nitrogens with zero attached hydrogens (tertiary/aromatic N) is 2. The van der Waals surface area contributed by atoms with Crippen LogP contribution in [0.3, 0.4) is 0 Å². The summed E-state index contributed by atoms with van der Waals surface area (Å²) >= 11 is 0. The predicted octanol–water partition coefficient (Wildman–Crippen LogP) is 13.4. The summed E-state index contributed by atoms with van der Waals surface area (Å²) in [7, 11) is 0. The maximum Gasteiger partial charge on any atom is 0.227 e. The molecule has 0 spiro atoms. The highest BCUT2D eigenvalue weighted by molar-refractivity contribution is 6.15. The second kappa shape index (κ2) is 11.9. The molecule has 0 fully saturated rings. The first-order chi connectivity index (χ1) is 25.2. The van der Waals surface area contributed by atoms with Crippen molar-refractivity contribution in [2.45, 2.75) is 0 Å². The van der Waals surface area contributed by atoms with Crippen molar-refractivity contribution in [3.05, 3.63) is 182 Å². The minimum Gasteiger partial charge on any atom is -0.454 e. The quantitative estimate of drug-likeness (QED) is 0.179. The first-order valence-corrected chi connectivity index (χ1v) is 17.1. The van der Waals surface area contributed by atoms with Crippen molar-refractivity contribution >= 4 is 60.9 Å². The molecule has 8 aromatic carbocycles. The molecule has 0 aliphatic carbocycles. The lowest BCUT2D eigenvalue weighted by Gasteiger charge is -2.26. The van der Waals surface area contributed by atoms with Crippen molar-refractivity contribution in [1.29, 1.82) is 0 Å². The van der Waals surface area contributed by atoms with Gasteiger partial charge in [-0.15, -0.1) is 0 Å². The van der Waals surface area contributed by atoms with Crippen molar-refractivity contribution < 1.29 is 8.83 Å². The Hall–Kier alpha value is -6.91. The fourth-order valence-electron chi connectivity index (χ4n) is 7.12. The number of aromatic nitrogens is 1. The number of fused-ring (bicyclic) bond motifs is 6. The number of anilines is 3. The molecule has 51 heavy (non-hydrogen) atoms. The van der Waals surface area contributed by atoms with E-state index in [0.717, 1.165) is 61.0 Å². The van der Waals surface area contributed by atoms with Gasteiger partial charge in [0.1, 0.15) is 5.58 Å². The predicted molar refractivity (Wildman–Crippen MR) is 210 cm³/mol.